The summed E-state index contributed by atoms with van der Waals surface area (Å²) in [5, 5.41) is 8.18. The molecule has 1 aromatic heterocycles. The fourth-order valence-corrected chi connectivity index (χ4v) is 2.32. The van der Waals surface area contributed by atoms with E-state index in [1.807, 2.05) is 0 Å². The van der Waals surface area contributed by atoms with Gasteiger partial charge < -0.3 is 4.57 Å². The van der Waals surface area contributed by atoms with Crippen molar-refractivity contribution in [3.63, 3.8) is 0 Å². The van der Waals surface area contributed by atoms with Gasteiger partial charge in [-0.2, -0.15) is 0 Å². The summed E-state index contributed by atoms with van der Waals surface area (Å²) in [5.74, 6) is -0.569. The Labute approximate surface area is 133 Å². The van der Waals surface area contributed by atoms with Gasteiger partial charge in [0.1, 0.15) is 6.33 Å². The van der Waals surface area contributed by atoms with Gasteiger partial charge in [0.25, 0.3) is 5.91 Å². The molecule has 0 aliphatic rings. The maximum Gasteiger partial charge on any atom is 0.269 e. The van der Waals surface area contributed by atoms with Gasteiger partial charge in [0, 0.05) is 17.1 Å². The van der Waals surface area contributed by atoms with Crippen molar-refractivity contribution in [2.24, 2.45) is 7.05 Å². The first-order chi connectivity index (χ1) is 10.1. The zero-order chi connectivity index (χ0) is 15.2. The Balaban J connectivity index is 1.77. The van der Waals surface area contributed by atoms with Crippen LogP contribution >= 0.6 is 27.7 Å². The summed E-state index contributed by atoms with van der Waals surface area (Å²) in [6.45, 7) is 0. The van der Waals surface area contributed by atoms with Crippen LogP contribution in [0.1, 0.15) is 10.4 Å². The summed E-state index contributed by atoms with van der Waals surface area (Å²) in [6, 6.07) is 6.81. The third-order valence-electron chi connectivity index (χ3n) is 2.42. The van der Waals surface area contributed by atoms with Crippen LogP contribution in [0.5, 0.6) is 0 Å². The fraction of sp³-hybridized carbons (Fsp3) is 0.167. The van der Waals surface area contributed by atoms with Gasteiger partial charge in [-0.1, -0.05) is 27.7 Å². The molecule has 21 heavy (non-hydrogen) atoms. The molecule has 110 valence electrons. The minimum atomic E-state index is -0.375. The van der Waals surface area contributed by atoms with Crippen molar-refractivity contribution in [1.29, 1.82) is 0 Å². The monoisotopic (exact) mass is 369 g/mol. The van der Waals surface area contributed by atoms with Crippen molar-refractivity contribution in [3.8, 4) is 0 Å². The second-order valence-electron chi connectivity index (χ2n) is 4.02. The van der Waals surface area contributed by atoms with E-state index in [1.165, 1.54) is 11.8 Å². The molecule has 0 atom stereocenters. The summed E-state index contributed by atoms with van der Waals surface area (Å²) in [7, 11) is 1.79. The molecule has 1 aromatic carbocycles. The van der Waals surface area contributed by atoms with Crippen molar-refractivity contribution in [2.75, 3.05) is 5.75 Å². The van der Waals surface area contributed by atoms with Gasteiger partial charge in [0.15, 0.2) is 5.16 Å². The Kier molecular flexibility index (Phi) is 5.34. The molecule has 2 aromatic rings. The first kappa shape index (κ1) is 15.5. The number of aromatic nitrogens is 3. The minimum absolute atomic E-state index is 0.132. The van der Waals surface area contributed by atoms with Crippen molar-refractivity contribution in [1.82, 2.24) is 25.6 Å². The van der Waals surface area contributed by atoms with E-state index < -0.39 is 0 Å². The first-order valence-electron chi connectivity index (χ1n) is 5.88. The highest BCUT2D eigenvalue weighted by Gasteiger charge is 2.09. The molecule has 0 aliphatic carbocycles. The minimum Gasteiger partial charge on any atom is -0.312 e. The van der Waals surface area contributed by atoms with Crippen LogP contribution in [-0.4, -0.2) is 32.3 Å². The standard InChI is InChI=1S/C12H12BrN5O2S/c1-18-7-14-17-12(18)21-6-10(19)15-16-11(20)8-2-4-9(13)5-3-8/h2-5,7H,6H2,1H3,(H,15,19)(H,16,20). The van der Waals surface area contributed by atoms with Gasteiger partial charge in [0.2, 0.25) is 5.91 Å². The Morgan fingerprint density at radius 2 is 2.00 bits per heavy atom. The Morgan fingerprint density at radius 1 is 1.29 bits per heavy atom. The topological polar surface area (TPSA) is 88.9 Å². The molecule has 0 radical (unpaired) electrons. The second kappa shape index (κ2) is 7.23. The first-order valence-corrected chi connectivity index (χ1v) is 7.65. The molecule has 1 heterocycles. The molecule has 0 fully saturated rings. The highest BCUT2D eigenvalue weighted by atomic mass is 79.9. The molecule has 0 saturated heterocycles. The van der Waals surface area contributed by atoms with Crippen LogP contribution in [0.25, 0.3) is 0 Å². The maximum absolute atomic E-state index is 11.8. The number of nitrogens with one attached hydrogen (secondary N) is 2. The van der Waals surface area contributed by atoms with Crippen LogP contribution in [-0.2, 0) is 11.8 Å². The predicted octanol–water partition coefficient (Wildman–Crippen LogP) is 1.13. The number of benzene rings is 1. The van der Waals surface area contributed by atoms with Crippen LogP contribution in [0.15, 0.2) is 40.2 Å². The highest BCUT2D eigenvalue weighted by Crippen LogP contribution is 2.12. The number of carbonyl (C=O) groups is 2. The Morgan fingerprint density at radius 3 is 2.62 bits per heavy atom. The summed E-state index contributed by atoms with van der Waals surface area (Å²) in [5.41, 5.74) is 5.16. The van der Waals surface area contributed by atoms with E-state index in [2.05, 4.69) is 37.0 Å². The lowest BCUT2D eigenvalue weighted by Gasteiger charge is -2.07. The lowest BCUT2D eigenvalue weighted by Crippen LogP contribution is -2.42. The number of halogens is 1. The Bertz CT molecular complexity index is 643. The number of nitrogens with zero attached hydrogens (tertiary/aromatic N) is 3. The van der Waals surface area contributed by atoms with Gasteiger partial charge in [-0.05, 0) is 24.3 Å². The SMILES string of the molecule is Cn1cnnc1SCC(=O)NNC(=O)c1ccc(Br)cc1. The molecule has 7 nitrogen and oxygen atoms in total. The number of thioether (sulfide) groups is 1. The number of amides is 2. The number of hydrogen-bond acceptors (Lipinski definition) is 5. The molecule has 2 rings (SSSR count). The molecule has 0 unspecified atom stereocenters. The summed E-state index contributed by atoms with van der Waals surface area (Å²) in [4.78, 5) is 23.4. The van der Waals surface area contributed by atoms with Crippen molar-refractivity contribution >= 4 is 39.5 Å². The lowest BCUT2D eigenvalue weighted by atomic mass is 10.2. The quantitative estimate of drug-likeness (QED) is 0.622. The normalized spacial score (nSPS) is 10.2. The zero-order valence-electron chi connectivity index (χ0n) is 11.0. The third-order valence-corrected chi connectivity index (χ3v) is 3.99. The molecule has 9 heteroatoms. The number of hydrogen-bond donors (Lipinski definition) is 2. The summed E-state index contributed by atoms with van der Waals surface area (Å²) >= 11 is 4.52. The molecular weight excluding hydrogens is 358 g/mol. The van der Waals surface area contributed by atoms with Crippen LogP contribution in [0, 0.1) is 0 Å². The van der Waals surface area contributed by atoms with E-state index >= 15 is 0 Å². The van der Waals surface area contributed by atoms with E-state index in [9.17, 15) is 9.59 Å². The number of aryl methyl sites for hydroxylation is 1. The van der Waals surface area contributed by atoms with Gasteiger partial charge in [-0.3, -0.25) is 20.4 Å². The van der Waals surface area contributed by atoms with Crippen molar-refractivity contribution in [3.05, 3.63) is 40.6 Å². The van der Waals surface area contributed by atoms with E-state index in [4.69, 9.17) is 0 Å². The van der Waals surface area contributed by atoms with E-state index in [0.717, 1.165) is 4.47 Å². The molecule has 0 spiro atoms. The lowest BCUT2D eigenvalue weighted by molar-refractivity contribution is -0.119. The van der Waals surface area contributed by atoms with Gasteiger partial charge >= 0.3 is 0 Å². The average molecular weight is 370 g/mol. The van der Waals surface area contributed by atoms with E-state index in [0.29, 0.717) is 10.7 Å². The fourth-order valence-electron chi connectivity index (χ4n) is 1.37. The van der Waals surface area contributed by atoms with Crippen LogP contribution in [0.4, 0.5) is 0 Å². The van der Waals surface area contributed by atoms with Gasteiger partial charge in [-0.25, -0.2) is 0 Å². The van der Waals surface area contributed by atoms with Crippen molar-refractivity contribution < 1.29 is 9.59 Å². The molecule has 2 N–H and O–H groups in total. The largest absolute Gasteiger partial charge is 0.312 e. The van der Waals surface area contributed by atoms with Crippen LogP contribution < -0.4 is 10.9 Å². The molecule has 0 saturated carbocycles. The van der Waals surface area contributed by atoms with E-state index in [-0.39, 0.29) is 17.6 Å². The number of rotatable bonds is 4. The maximum atomic E-state index is 11.8. The molecule has 2 amide bonds. The molecule has 0 bridgehead atoms. The third kappa shape index (κ3) is 4.57. The number of carbonyl (C=O) groups excluding carboxylic acids is 2. The molecular formula is C12H12BrN5O2S. The smallest absolute Gasteiger partial charge is 0.269 e. The van der Waals surface area contributed by atoms with Crippen LogP contribution in [0.3, 0.4) is 0 Å². The van der Waals surface area contributed by atoms with Gasteiger partial charge in [-0.15, -0.1) is 10.2 Å². The van der Waals surface area contributed by atoms with Crippen LogP contribution in [0.2, 0.25) is 0 Å². The zero-order valence-corrected chi connectivity index (χ0v) is 13.4. The average Bonchev–Trinajstić information content (AvgIpc) is 2.88. The molecule has 0 aliphatic heterocycles. The summed E-state index contributed by atoms with van der Waals surface area (Å²) in [6.07, 6.45) is 1.55. The second-order valence-corrected chi connectivity index (χ2v) is 5.88. The highest BCUT2D eigenvalue weighted by molar-refractivity contribution is 9.10. The Hall–Kier alpha value is -1.87. The van der Waals surface area contributed by atoms with Gasteiger partial charge in [0.05, 0.1) is 5.75 Å². The van der Waals surface area contributed by atoms with Crippen molar-refractivity contribution in [2.45, 2.75) is 5.16 Å². The number of hydrazine groups is 1. The predicted molar refractivity (Wildman–Crippen MR) is 81.5 cm³/mol. The van der Waals surface area contributed by atoms with E-state index in [1.54, 1.807) is 42.2 Å². The summed E-state index contributed by atoms with van der Waals surface area (Å²) < 4.78 is 2.58.